The minimum absolute atomic E-state index is 0.0861. The molecule has 2 unspecified atom stereocenters. The molecule has 13 nitrogen and oxygen atoms in total. The smallest absolute Gasteiger partial charge is 0.503 e. The molecule has 0 radical (unpaired) electrons. The van der Waals surface area contributed by atoms with Gasteiger partial charge in [-0.2, -0.15) is 13.2 Å². The third-order valence-corrected chi connectivity index (χ3v) is 9.93. The number of quaternary nitrogens is 1. The van der Waals surface area contributed by atoms with Crippen LogP contribution in [0.1, 0.15) is 161 Å². The number of alkyl halides is 3. The number of diazo groups is 1. The van der Waals surface area contributed by atoms with Crippen LogP contribution in [0.4, 0.5) is 13.2 Å². The Labute approximate surface area is 333 Å². The maximum absolute atomic E-state index is 12.6. The molecule has 0 spiro atoms. The predicted molar refractivity (Wildman–Crippen MR) is 204 cm³/mol. The lowest BCUT2D eigenvalue weighted by atomic mass is 10.0. The second kappa shape index (κ2) is 32.5. The van der Waals surface area contributed by atoms with Gasteiger partial charge >= 0.3 is 23.8 Å². The lowest BCUT2D eigenvalue weighted by Gasteiger charge is -2.28. The molecule has 0 fully saturated rings. The van der Waals surface area contributed by atoms with Crippen LogP contribution in [-0.2, 0) is 37.4 Å². The summed E-state index contributed by atoms with van der Waals surface area (Å²) >= 11 is 0. The highest BCUT2D eigenvalue weighted by atomic mass is 31.2. The van der Waals surface area contributed by atoms with Gasteiger partial charge in [0.1, 0.15) is 19.8 Å². The number of unbranched alkanes of at least 4 members (excludes halogenated alkanes) is 20. The van der Waals surface area contributed by atoms with E-state index in [0.717, 1.165) is 57.8 Å². The Bertz CT molecular complexity index is 1160. The number of hydrogen-bond acceptors (Lipinski definition) is 11. The average Bonchev–Trinajstić information content (AvgIpc) is 3.10. The van der Waals surface area contributed by atoms with Gasteiger partial charge in [-0.1, -0.05) is 129 Å². The van der Waals surface area contributed by atoms with Crippen LogP contribution in [0.5, 0.6) is 0 Å². The van der Waals surface area contributed by atoms with Crippen LogP contribution in [0.15, 0.2) is 11.6 Å². The summed E-state index contributed by atoms with van der Waals surface area (Å²) in [6, 6.07) is 0. The number of rotatable bonds is 37. The molecule has 0 heterocycles. The lowest BCUT2D eigenvalue weighted by Crippen LogP contribution is -2.37. The van der Waals surface area contributed by atoms with E-state index in [9.17, 15) is 37.3 Å². The molecule has 0 aromatic carbocycles. The molecule has 0 N–H and O–H groups in total. The number of esters is 2. The molecule has 0 saturated heterocycles. The Hall–Kier alpha value is -2.44. The van der Waals surface area contributed by atoms with Crippen molar-refractivity contribution < 1.29 is 65.1 Å². The molecular weight excluding hydrogens is 758 g/mol. The van der Waals surface area contributed by atoms with Crippen LogP contribution in [0.3, 0.4) is 0 Å². The number of phosphoric ester groups is 1. The number of allylic oxidation sites excluding steroid dienone is 1. The summed E-state index contributed by atoms with van der Waals surface area (Å²) in [4.78, 5) is 39.3. The number of carbonyl (C=O) groups excluding carboxylic acids is 2. The standard InChI is InChI=1S/C39H71F3N3O10P/c1-5-6-7-8-9-10-11-12-13-15-18-21-24-27-35(46)52-32-34(33-54-56(49,50)53-31-29-45(2,3)4)55-36(47)28-25-22-19-16-14-17-20-23-26-30-51-38(48)37(44-43)39(40,41)42/h34H,5-33H2,1-4H3. The molecule has 0 aliphatic carbocycles. The van der Waals surface area contributed by atoms with Crippen molar-refractivity contribution in [1.82, 2.24) is 0 Å². The molecule has 0 aromatic heterocycles. The van der Waals surface area contributed by atoms with E-state index in [0.29, 0.717) is 36.7 Å². The summed E-state index contributed by atoms with van der Waals surface area (Å²) in [5.41, 5.74) is -1.99. The van der Waals surface area contributed by atoms with Gasteiger partial charge in [-0.25, -0.2) is 0 Å². The number of ether oxygens (including phenoxy) is 3. The van der Waals surface area contributed by atoms with Gasteiger partial charge in [0.15, 0.2) is 17.0 Å². The molecule has 17 heteroatoms. The molecule has 0 aliphatic heterocycles. The van der Waals surface area contributed by atoms with E-state index in [1.807, 2.05) is 26.1 Å². The van der Waals surface area contributed by atoms with Crippen LogP contribution in [-0.4, -0.2) is 82.8 Å². The zero-order valence-corrected chi connectivity index (χ0v) is 35.5. The van der Waals surface area contributed by atoms with Gasteiger partial charge in [-0.15, -0.1) is 0 Å². The Kier molecular flexibility index (Phi) is 31.1. The van der Waals surface area contributed by atoms with Crippen LogP contribution >= 0.6 is 7.82 Å². The summed E-state index contributed by atoms with van der Waals surface area (Å²) < 4.78 is 75.6. The van der Waals surface area contributed by atoms with Gasteiger partial charge in [0, 0.05) is 12.8 Å². The first-order chi connectivity index (χ1) is 26.5. The Morgan fingerprint density at radius 2 is 1.12 bits per heavy atom. The number of phosphoric acid groups is 1. The highest BCUT2D eigenvalue weighted by Crippen LogP contribution is 2.38. The second-order valence-corrected chi connectivity index (χ2v) is 16.8. The molecule has 56 heavy (non-hydrogen) atoms. The summed E-state index contributed by atoms with van der Waals surface area (Å²) in [6.07, 6.45) is 16.2. The molecule has 2 atom stereocenters. The molecule has 328 valence electrons. The van der Waals surface area contributed by atoms with E-state index in [4.69, 9.17) is 23.9 Å². The van der Waals surface area contributed by atoms with Gasteiger partial charge in [0.05, 0.1) is 27.7 Å². The summed E-state index contributed by atoms with van der Waals surface area (Å²) in [5.74, 6) is -2.73. The van der Waals surface area contributed by atoms with Crippen molar-refractivity contribution in [3.05, 3.63) is 16.6 Å². The van der Waals surface area contributed by atoms with E-state index in [1.54, 1.807) is 0 Å². The molecule has 0 aliphatic rings. The Balaban J connectivity index is 4.43. The third kappa shape index (κ3) is 33.7. The van der Waals surface area contributed by atoms with E-state index in [2.05, 4.69) is 11.7 Å². The number of hydrogen-bond donors (Lipinski definition) is 0. The minimum Gasteiger partial charge on any atom is -0.756 e. The predicted octanol–water partition coefficient (Wildman–Crippen LogP) is 8.99. The second-order valence-electron chi connectivity index (χ2n) is 15.4. The number of nitrogens with zero attached hydrogens (tertiary/aromatic N) is 3. The zero-order valence-electron chi connectivity index (χ0n) is 34.6. The first-order valence-corrected chi connectivity index (χ1v) is 22.2. The Morgan fingerprint density at radius 3 is 1.57 bits per heavy atom. The van der Waals surface area contributed by atoms with Gasteiger partial charge < -0.3 is 37.7 Å². The topological polar surface area (TPSA) is 172 Å². The molecule has 0 saturated carbocycles. The maximum atomic E-state index is 12.6. The largest absolute Gasteiger partial charge is 0.756 e. The van der Waals surface area contributed by atoms with Crippen molar-refractivity contribution in [2.75, 3.05) is 54.1 Å². The van der Waals surface area contributed by atoms with Gasteiger partial charge in [-0.05, 0) is 25.9 Å². The normalized spacial score (nSPS) is 14.1. The zero-order chi connectivity index (χ0) is 42.1. The van der Waals surface area contributed by atoms with Crippen molar-refractivity contribution in [1.29, 1.82) is 5.39 Å². The van der Waals surface area contributed by atoms with Crippen LogP contribution in [0.2, 0.25) is 0 Å². The van der Waals surface area contributed by atoms with Gasteiger partial charge in [-0.3, -0.25) is 14.2 Å². The molecule has 0 aromatic rings. The highest BCUT2D eigenvalue weighted by molar-refractivity contribution is 7.45. The number of likely N-dealkylation sites (N-methyl/N-ethyl adjacent to an activating group) is 1. The van der Waals surface area contributed by atoms with Gasteiger partial charge in [0.2, 0.25) is 5.39 Å². The van der Waals surface area contributed by atoms with Crippen LogP contribution < -0.4 is 10.00 Å². The highest BCUT2D eigenvalue weighted by Gasteiger charge is 2.48. The minimum atomic E-state index is -5.09. The molecular formula is C39H71F3N3O10P. The van der Waals surface area contributed by atoms with Gasteiger partial charge in [0.25, 0.3) is 7.82 Å². The SMILES string of the molecule is CCCCCCCCCCCCCCCC(=O)OCC(COP(=O)([O-])OCC[N+](C)(C)C)OC(=O)CCCCCCCCCCCOC([O-])=C([N+]#N)C(F)(F)F. The monoisotopic (exact) mass is 829 g/mol. The number of halogens is 3. The summed E-state index contributed by atoms with van der Waals surface area (Å²) in [6.45, 7) is 1.47. The first kappa shape index (κ1) is 53.6. The van der Waals surface area contributed by atoms with Crippen molar-refractivity contribution in [3.8, 4) is 0 Å². The molecule has 0 rings (SSSR count). The Morgan fingerprint density at radius 1 is 0.679 bits per heavy atom. The van der Waals surface area contributed by atoms with Crippen molar-refractivity contribution in [2.45, 2.75) is 173 Å². The van der Waals surface area contributed by atoms with Crippen LogP contribution in [0.25, 0.3) is 4.98 Å². The van der Waals surface area contributed by atoms with E-state index >= 15 is 0 Å². The molecule has 0 amide bonds. The first-order valence-electron chi connectivity index (χ1n) is 20.7. The molecule has 0 bridgehead atoms. The average molecular weight is 830 g/mol. The van der Waals surface area contributed by atoms with Crippen LogP contribution in [0, 0.1) is 5.39 Å². The maximum Gasteiger partial charge on any atom is 0.503 e. The lowest BCUT2D eigenvalue weighted by molar-refractivity contribution is -0.870. The fraction of sp³-hybridized carbons (Fsp3) is 0.897. The van der Waals surface area contributed by atoms with E-state index < -0.39 is 50.3 Å². The van der Waals surface area contributed by atoms with Crippen molar-refractivity contribution in [2.24, 2.45) is 0 Å². The van der Waals surface area contributed by atoms with Crippen molar-refractivity contribution >= 4 is 19.8 Å². The fourth-order valence-electron chi connectivity index (χ4n) is 5.60. The quantitative estimate of drug-likeness (QED) is 0.0146. The summed E-state index contributed by atoms with van der Waals surface area (Å²) in [5, 5.41) is 19.7. The van der Waals surface area contributed by atoms with E-state index in [-0.39, 0.29) is 32.7 Å². The summed E-state index contributed by atoms with van der Waals surface area (Å²) in [7, 11) is 0.969. The third-order valence-electron chi connectivity index (χ3n) is 8.96. The van der Waals surface area contributed by atoms with E-state index in [1.165, 1.54) is 57.8 Å². The number of carbonyl (C=O) groups is 2. The van der Waals surface area contributed by atoms with Crippen molar-refractivity contribution in [3.63, 3.8) is 0 Å². The fourth-order valence-corrected chi connectivity index (χ4v) is 6.33.